The molecule has 1 aromatic heterocycles. The molecule has 1 fully saturated rings. The highest BCUT2D eigenvalue weighted by molar-refractivity contribution is 6.04. The molecular weight excluding hydrogens is 541 g/mol. The van der Waals surface area contributed by atoms with Crippen LogP contribution >= 0.6 is 0 Å². The molecule has 3 heterocycles. The van der Waals surface area contributed by atoms with Crippen LogP contribution in [0.3, 0.4) is 0 Å². The third-order valence-electron chi connectivity index (χ3n) is 7.40. The summed E-state index contributed by atoms with van der Waals surface area (Å²) in [7, 11) is 4.88. The maximum absolute atomic E-state index is 13.3. The minimum absolute atomic E-state index is 0.0354. The molecule has 3 aromatic rings. The fourth-order valence-corrected chi connectivity index (χ4v) is 5.03. The molecule has 0 radical (unpaired) electrons. The van der Waals surface area contributed by atoms with E-state index in [4.69, 9.17) is 9.47 Å². The highest BCUT2D eigenvalue weighted by atomic mass is 19.4. The number of nitrogens with one attached hydrogen (secondary N) is 1. The Labute approximate surface area is 235 Å². The first-order chi connectivity index (χ1) is 19.6. The molecule has 41 heavy (non-hydrogen) atoms. The third kappa shape index (κ3) is 5.94. The molecule has 5 rings (SSSR count). The van der Waals surface area contributed by atoms with E-state index >= 15 is 0 Å². The van der Waals surface area contributed by atoms with Crippen LogP contribution in [0.1, 0.15) is 32.2 Å². The van der Waals surface area contributed by atoms with Gasteiger partial charge in [0.25, 0.3) is 11.8 Å². The number of halogens is 3. The van der Waals surface area contributed by atoms with Crippen molar-refractivity contribution in [2.75, 3.05) is 64.2 Å². The van der Waals surface area contributed by atoms with Crippen LogP contribution < -0.4 is 19.7 Å². The lowest BCUT2D eigenvalue weighted by Crippen LogP contribution is -2.44. The van der Waals surface area contributed by atoms with Crippen molar-refractivity contribution in [3.05, 3.63) is 65.2 Å². The van der Waals surface area contributed by atoms with E-state index in [0.717, 1.165) is 44.0 Å². The Kier molecular flexibility index (Phi) is 7.80. The summed E-state index contributed by atoms with van der Waals surface area (Å²) in [6.45, 7) is 4.19. The van der Waals surface area contributed by atoms with Gasteiger partial charge in [-0.2, -0.15) is 13.2 Å². The number of hydrogen-bond acceptors (Lipinski definition) is 7. The van der Waals surface area contributed by atoms with Crippen molar-refractivity contribution in [3.8, 4) is 11.5 Å². The summed E-state index contributed by atoms with van der Waals surface area (Å²) in [6.07, 6.45) is -3.20. The van der Waals surface area contributed by atoms with Crippen LogP contribution in [0.2, 0.25) is 0 Å². The second kappa shape index (κ2) is 11.3. The minimum atomic E-state index is -4.63. The molecule has 0 spiro atoms. The smallest absolute Gasteiger partial charge is 0.416 e. The number of carbonyl (C=O) groups excluding carboxylic acids is 2. The fourth-order valence-electron chi connectivity index (χ4n) is 5.03. The van der Waals surface area contributed by atoms with E-state index in [9.17, 15) is 22.8 Å². The number of ether oxygens (including phenoxy) is 2. The van der Waals surface area contributed by atoms with Crippen LogP contribution in [0.5, 0.6) is 11.5 Å². The number of amides is 2. The molecule has 10 nitrogen and oxygen atoms in total. The predicted molar refractivity (Wildman–Crippen MR) is 146 cm³/mol. The molecule has 2 aliphatic heterocycles. The van der Waals surface area contributed by atoms with Crippen molar-refractivity contribution in [1.82, 2.24) is 19.4 Å². The molecule has 13 heteroatoms. The minimum Gasteiger partial charge on any atom is -0.497 e. The Morgan fingerprint density at radius 2 is 1.71 bits per heavy atom. The van der Waals surface area contributed by atoms with Gasteiger partial charge in [0.1, 0.15) is 23.0 Å². The Morgan fingerprint density at radius 3 is 2.39 bits per heavy atom. The Morgan fingerprint density at radius 1 is 0.951 bits per heavy atom. The SMILES string of the molecule is COc1cc(C(=O)N2CCn3c(C(=O)Nc4ccc(N5CCN(C)CC5)cc4OC)cnc3C2)cc(C(F)(F)F)c1. The quantitative estimate of drug-likeness (QED) is 0.483. The van der Waals surface area contributed by atoms with Crippen molar-refractivity contribution in [3.63, 3.8) is 0 Å². The number of likely N-dealkylation sites (N-methyl/N-ethyl adjacent to an activating group) is 1. The zero-order valence-electron chi connectivity index (χ0n) is 23.0. The summed E-state index contributed by atoms with van der Waals surface area (Å²) >= 11 is 0. The lowest BCUT2D eigenvalue weighted by Gasteiger charge is -2.34. The topological polar surface area (TPSA) is 92.2 Å². The van der Waals surface area contributed by atoms with Crippen molar-refractivity contribution in [2.45, 2.75) is 19.3 Å². The van der Waals surface area contributed by atoms with Gasteiger partial charge < -0.3 is 34.1 Å². The molecule has 0 atom stereocenters. The summed E-state index contributed by atoms with van der Waals surface area (Å²) in [4.78, 5) is 36.6. The number of hydrogen-bond donors (Lipinski definition) is 1. The summed E-state index contributed by atoms with van der Waals surface area (Å²) in [5, 5.41) is 2.89. The summed E-state index contributed by atoms with van der Waals surface area (Å²) in [5.41, 5.74) is 0.722. The van der Waals surface area contributed by atoms with Gasteiger partial charge in [0, 0.05) is 56.6 Å². The number of anilines is 2. The van der Waals surface area contributed by atoms with Crippen molar-refractivity contribution in [1.29, 1.82) is 0 Å². The number of carbonyl (C=O) groups is 2. The first-order valence-electron chi connectivity index (χ1n) is 13.1. The molecule has 0 aliphatic carbocycles. The van der Waals surface area contributed by atoms with Gasteiger partial charge in [-0.15, -0.1) is 0 Å². The Hall–Kier alpha value is -4.26. The van der Waals surface area contributed by atoms with Crippen LogP contribution in [0.4, 0.5) is 24.5 Å². The van der Waals surface area contributed by atoms with Crippen LogP contribution in [-0.2, 0) is 19.3 Å². The summed E-state index contributed by atoms with van der Waals surface area (Å²) < 4.78 is 52.3. The lowest BCUT2D eigenvalue weighted by molar-refractivity contribution is -0.137. The van der Waals surface area contributed by atoms with Gasteiger partial charge in [-0.25, -0.2) is 4.98 Å². The van der Waals surface area contributed by atoms with Crippen LogP contribution in [0.25, 0.3) is 0 Å². The standard InChI is InChI=1S/C28H31F3N6O4/c1-34-6-8-35(9-7-34)20-4-5-22(24(15-20)41-3)33-26(38)23-16-32-25-17-36(10-11-37(23)25)27(39)18-12-19(28(29,30)31)14-21(13-18)40-2/h4-5,12-16H,6-11,17H2,1-3H3,(H,33,38). The molecule has 2 aliphatic rings. The molecule has 2 amide bonds. The Bertz CT molecular complexity index is 1450. The number of alkyl halides is 3. The van der Waals surface area contributed by atoms with Crippen molar-refractivity contribution >= 4 is 23.2 Å². The molecule has 2 aromatic carbocycles. The average molecular weight is 573 g/mol. The number of methoxy groups -OCH3 is 2. The van der Waals surface area contributed by atoms with Crippen molar-refractivity contribution in [2.24, 2.45) is 0 Å². The fraction of sp³-hybridized carbons (Fsp3) is 0.393. The highest BCUT2D eigenvalue weighted by Crippen LogP contribution is 2.34. The zero-order chi connectivity index (χ0) is 29.3. The van der Waals surface area contributed by atoms with E-state index in [1.165, 1.54) is 24.3 Å². The third-order valence-corrected chi connectivity index (χ3v) is 7.40. The molecule has 0 unspecified atom stereocenters. The number of aromatic nitrogens is 2. The molecule has 218 valence electrons. The van der Waals surface area contributed by atoms with Crippen LogP contribution in [0.15, 0.2) is 42.6 Å². The largest absolute Gasteiger partial charge is 0.497 e. The van der Waals surface area contributed by atoms with Gasteiger partial charge in [-0.05, 0) is 37.4 Å². The summed E-state index contributed by atoms with van der Waals surface area (Å²) in [5.74, 6) is -0.0585. The van der Waals surface area contributed by atoms with Gasteiger partial charge in [-0.1, -0.05) is 0 Å². The maximum Gasteiger partial charge on any atom is 0.416 e. The van der Waals surface area contributed by atoms with Gasteiger partial charge in [-0.3, -0.25) is 9.59 Å². The number of fused-ring (bicyclic) bond motifs is 1. The number of nitrogens with zero attached hydrogens (tertiary/aromatic N) is 5. The van der Waals surface area contributed by atoms with Crippen LogP contribution in [0, 0.1) is 0 Å². The molecule has 1 saturated heterocycles. The van der Waals surface area contributed by atoms with Gasteiger partial charge >= 0.3 is 6.18 Å². The number of imidazole rings is 1. The van der Waals surface area contributed by atoms with Crippen LogP contribution in [-0.4, -0.2) is 85.2 Å². The van der Waals surface area contributed by atoms with E-state index in [1.807, 2.05) is 18.2 Å². The van der Waals surface area contributed by atoms with E-state index in [1.54, 1.807) is 11.7 Å². The second-order valence-corrected chi connectivity index (χ2v) is 10.0. The molecule has 0 bridgehead atoms. The first kappa shape index (κ1) is 28.3. The Balaban J connectivity index is 1.29. The average Bonchev–Trinajstić information content (AvgIpc) is 3.40. The maximum atomic E-state index is 13.3. The van der Waals surface area contributed by atoms with E-state index in [0.29, 0.717) is 23.0 Å². The number of benzene rings is 2. The van der Waals surface area contributed by atoms with Crippen molar-refractivity contribution < 1.29 is 32.2 Å². The van der Waals surface area contributed by atoms with Gasteiger partial charge in [0.15, 0.2) is 0 Å². The molecule has 1 N–H and O–H groups in total. The monoisotopic (exact) mass is 572 g/mol. The van der Waals surface area contributed by atoms with E-state index in [2.05, 4.69) is 27.1 Å². The normalized spacial score (nSPS) is 15.9. The molecular formula is C28H31F3N6O4. The van der Waals surface area contributed by atoms with Gasteiger partial charge in [0.05, 0.1) is 38.2 Å². The lowest BCUT2D eigenvalue weighted by atomic mass is 10.1. The highest BCUT2D eigenvalue weighted by Gasteiger charge is 2.33. The van der Waals surface area contributed by atoms with Gasteiger partial charge in [0.2, 0.25) is 0 Å². The molecule has 0 saturated carbocycles. The number of rotatable bonds is 6. The summed E-state index contributed by atoms with van der Waals surface area (Å²) in [6, 6.07) is 8.59. The van der Waals surface area contributed by atoms with E-state index in [-0.39, 0.29) is 30.9 Å². The zero-order valence-corrected chi connectivity index (χ0v) is 23.0. The predicted octanol–water partition coefficient (Wildman–Crippen LogP) is 3.58. The first-order valence-corrected chi connectivity index (χ1v) is 13.1. The van der Waals surface area contributed by atoms with E-state index < -0.39 is 23.6 Å². The number of piperazine rings is 1. The second-order valence-electron chi connectivity index (χ2n) is 10.0.